The lowest BCUT2D eigenvalue weighted by Gasteiger charge is -2.26. The Hall–Kier alpha value is -1.14. The minimum atomic E-state index is 0.613. The average molecular weight is 323 g/mol. The van der Waals surface area contributed by atoms with Crippen molar-refractivity contribution < 1.29 is 9.68 Å². The molecule has 5 heteroatoms. The van der Waals surface area contributed by atoms with E-state index in [-0.39, 0.29) is 0 Å². The Morgan fingerprint density at radius 3 is 1.52 bits per heavy atom. The van der Waals surface area contributed by atoms with Crippen molar-refractivity contribution in [2.24, 2.45) is 0 Å². The molecule has 1 aromatic carbocycles. The van der Waals surface area contributed by atoms with Crippen LogP contribution in [-0.4, -0.2) is 62.3 Å². The molecular formula is C18H33N3O2. The fourth-order valence-electron chi connectivity index (χ4n) is 2.32. The van der Waals surface area contributed by atoms with Crippen LogP contribution in [0.3, 0.4) is 0 Å². The molecule has 0 unspecified atom stereocenters. The van der Waals surface area contributed by atoms with E-state index in [0.29, 0.717) is 13.2 Å². The van der Waals surface area contributed by atoms with E-state index in [1.807, 2.05) is 30.3 Å². The van der Waals surface area contributed by atoms with Crippen molar-refractivity contribution in [3.05, 3.63) is 30.3 Å². The van der Waals surface area contributed by atoms with Gasteiger partial charge in [0.25, 0.3) is 0 Å². The molecule has 0 N–H and O–H groups in total. The van der Waals surface area contributed by atoms with Gasteiger partial charge in [-0.1, -0.05) is 45.9 Å². The highest BCUT2D eigenvalue weighted by Gasteiger charge is 2.10. The summed E-state index contributed by atoms with van der Waals surface area (Å²) < 4.78 is 0. The van der Waals surface area contributed by atoms with E-state index in [4.69, 9.17) is 9.68 Å². The molecular weight excluding hydrogens is 290 g/mol. The Morgan fingerprint density at radius 2 is 1.13 bits per heavy atom. The summed E-state index contributed by atoms with van der Waals surface area (Å²) in [6, 6.07) is 9.96. The highest BCUT2D eigenvalue weighted by molar-refractivity contribution is 5.40. The van der Waals surface area contributed by atoms with Crippen LogP contribution in [-0.2, 0) is 9.68 Å². The van der Waals surface area contributed by atoms with E-state index >= 15 is 0 Å². The van der Waals surface area contributed by atoms with Crippen molar-refractivity contribution in [2.45, 2.75) is 27.7 Å². The van der Waals surface area contributed by atoms with Crippen LogP contribution in [0, 0.1) is 0 Å². The smallest absolute Gasteiger partial charge is 0.0947 e. The standard InChI is InChI=1S/C18H33N3O2/c1-5-19(6-2)14-16-22-21(18-12-10-9-11-13-18)23-17-15-20(7-3)8-4/h9-13H,5-8,14-17H2,1-4H3. The Labute approximate surface area is 141 Å². The third-order valence-electron chi connectivity index (χ3n) is 3.99. The molecule has 0 saturated heterocycles. The molecule has 0 aromatic heterocycles. The first-order chi connectivity index (χ1) is 11.2. The van der Waals surface area contributed by atoms with Gasteiger partial charge in [0.1, 0.15) is 0 Å². The summed E-state index contributed by atoms with van der Waals surface area (Å²) in [5.74, 6) is 0. The summed E-state index contributed by atoms with van der Waals surface area (Å²) in [7, 11) is 0. The number of hydrogen-bond acceptors (Lipinski definition) is 5. The molecule has 0 aliphatic heterocycles. The second-order valence-electron chi connectivity index (χ2n) is 5.31. The summed E-state index contributed by atoms with van der Waals surface area (Å²) in [6.45, 7) is 15.8. The number of anilines is 1. The Kier molecular flexibility index (Phi) is 10.6. The van der Waals surface area contributed by atoms with Gasteiger partial charge in [0.2, 0.25) is 0 Å². The molecule has 0 aliphatic carbocycles. The van der Waals surface area contributed by atoms with Crippen molar-refractivity contribution in [3.63, 3.8) is 0 Å². The largest absolute Gasteiger partial charge is 0.301 e. The summed E-state index contributed by atoms with van der Waals surface area (Å²) in [6.07, 6.45) is 0. The number of likely N-dealkylation sites (N-methyl/N-ethyl adjacent to an activating group) is 2. The van der Waals surface area contributed by atoms with Crippen molar-refractivity contribution in [2.75, 3.05) is 57.7 Å². The lowest BCUT2D eigenvalue weighted by Crippen LogP contribution is -2.34. The van der Waals surface area contributed by atoms with Crippen molar-refractivity contribution in [1.82, 2.24) is 9.80 Å². The molecule has 1 aromatic rings. The molecule has 0 aliphatic rings. The minimum absolute atomic E-state index is 0.613. The zero-order chi connectivity index (χ0) is 16.9. The minimum Gasteiger partial charge on any atom is -0.301 e. The third kappa shape index (κ3) is 7.79. The SMILES string of the molecule is CCN(CC)CCON(OCCN(CC)CC)c1ccccc1. The van der Waals surface area contributed by atoms with Gasteiger partial charge in [-0.25, -0.2) is 9.68 Å². The second-order valence-corrected chi connectivity index (χ2v) is 5.31. The van der Waals surface area contributed by atoms with Crippen LogP contribution in [0.25, 0.3) is 0 Å². The molecule has 0 amide bonds. The predicted octanol–water partition coefficient (Wildman–Crippen LogP) is 3.04. The van der Waals surface area contributed by atoms with Gasteiger partial charge in [0.15, 0.2) is 0 Å². The highest BCUT2D eigenvalue weighted by Crippen LogP contribution is 2.14. The van der Waals surface area contributed by atoms with E-state index < -0.39 is 0 Å². The zero-order valence-electron chi connectivity index (χ0n) is 15.2. The molecule has 132 valence electrons. The molecule has 23 heavy (non-hydrogen) atoms. The van der Waals surface area contributed by atoms with Gasteiger partial charge in [-0.2, -0.15) is 0 Å². The predicted molar refractivity (Wildman–Crippen MR) is 96.4 cm³/mol. The van der Waals surface area contributed by atoms with Crippen LogP contribution in [0.15, 0.2) is 30.3 Å². The van der Waals surface area contributed by atoms with E-state index in [1.54, 1.807) is 5.23 Å². The number of para-hydroxylation sites is 1. The molecule has 0 fully saturated rings. The fourth-order valence-corrected chi connectivity index (χ4v) is 2.32. The normalized spacial score (nSPS) is 11.4. The van der Waals surface area contributed by atoms with Crippen molar-refractivity contribution in [1.29, 1.82) is 0 Å². The van der Waals surface area contributed by atoms with E-state index in [1.165, 1.54) is 0 Å². The van der Waals surface area contributed by atoms with Gasteiger partial charge in [0, 0.05) is 13.1 Å². The summed E-state index contributed by atoms with van der Waals surface area (Å²) in [4.78, 5) is 16.4. The number of hydrogen-bond donors (Lipinski definition) is 0. The van der Waals surface area contributed by atoms with Crippen LogP contribution in [0.2, 0.25) is 0 Å². The van der Waals surface area contributed by atoms with Gasteiger partial charge in [-0.05, 0) is 38.3 Å². The molecule has 1 rings (SSSR count). The maximum atomic E-state index is 5.86. The van der Waals surface area contributed by atoms with Gasteiger partial charge in [0.05, 0.1) is 18.9 Å². The van der Waals surface area contributed by atoms with Gasteiger partial charge in [-0.15, -0.1) is 5.23 Å². The molecule has 0 heterocycles. The monoisotopic (exact) mass is 323 g/mol. The number of rotatable bonds is 13. The maximum absolute atomic E-state index is 5.86. The Bertz CT molecular complexity index is 363. The van der Waals surface area contributed by atoms with Crippen LogP contribution in [0.1, 0.15) is 27.7 Å². The Balaban J connectivity index is 2.50. The molecule has 5 nitrogen and oxygen atoms in total. The van der Waals surface area contributed by atoms with Crippen molar-refractivity contribution in [3.8, 4) is 0 Å². The van der Waals surface area contributed by atoms with Crippen LogP contribution < -0.4 is 5.23 Å². The lowest BCUT2D eigenvalue weighted by atomic mass is 10.3. The first kappa shape index (κ1) is 19.9. The summed E-state index contributed by atoms with van der Waals surface area (Å²) in [5, 5.41) is 1.56. The maximum Gasteiger partial charge on any atom is 0.0947 e. The molecule has 0 atom stereocenters. The van der Waals surface area contributed by atoms with Crippen LogP contribution in [0.5, 0.6) is 0 Å². The van der Waals surface area contributed by atoms with Gasteiger partial charge in [-0.3, -0.25) is 0 Å². The molecule has 0 spiro atoms. The van der Waals surface area contributed by atoms with Crippen LogP contribution in [0.4, 0.5) is 5.69 Å². The fraction of sp³-hybridized carbons (Fsp3) is 0.667. The van der Waals surface area contributed by atoms with Crippen molar-refractivity contribution >= 4 is 5.69 Å². The average Bonchev–Trinajstić information content (AvgIpc) is 2.61. The second kappa shape index (κ2) is 12.3. The van der Waals surface area contributed by atoms with Gasteiger partial charge < -0.3 is 9.80 Å². The van der Waals surface area contributed by atoms with E-state index in [2.05, 4.69) is 37.5 Å². The first-order valence-corrected chi connectivity index (χ1v) is 8.80. The third-order valence-corrected chi connectivity index (χ3v) is 3.99. The molecule has 0 saturated carbocycles. The Morgan fingerprint density at radius 1 is 0.696 bits per heavy atom. The lowest BCUT2D eigenvalue weighted by molar-refractivity contribution is -0.0962. The number of nitrogens with zero attached hydrogens (tertiary/aromatic N) is 3. The molecule has 0 bridgehead atoms. The quantitative estimate of drug-likeness (QED) is 0.520. The van der Waals surface area contributed by atoms with Gasteiger partial charge >= 0.3 is 0 Å². The van der Waals surface area contributed by atoms with E-state index in [0.717, 1.165) is 45.0 Å². The zero-order valence-corrected chi connectivity index (χ0v) is 15.2. The molecule has 0 radical (unpaired) electrons. The van der Waals surface area contributed by atoms with Crippen LogP contribution >= 0.6 is 0 Å². The summed E-state index contributed by atoms with van der Waals surface area (Å²) >= 11 is 0. The summed E-state index contributed by atoms with van der Waals surface area (Å²) in [5.41, 5.74) is 0.923. The van der Waals surface area contributed by atoms with E-state index in [9.17, 15) is 0 Å². The highest BCUT2D eigenvalue weighted by atomic mass is 16.9. The topological polar surface area (TPSA) is 28.2 Å². The first-order valence-electron chi connectivity index (χ1n) is 8.80. The number of benzene rings is 1.